The highest BCUT2D eigenvalue weighted by Crippen LogP contribution is 2.31. The van der Waals surface area contributed by atoms with Crippen LogP contribution in [0, 0.1) is 6.92 Å². The Morgan fingerprint density at radius 3 is 3.13 bits per heavy atom. The van der Waals surface area contributed by atoms with Crippen LogP contribution in [0.15, 0.2) is 29.8 Å². The Kier molecular flexibility index (Phi) is 3.13. The molecule has 1 atom stereocenters. The van der Waals surface area contributed by atoms with E-state index in [0.29, 0.717) is 17.6 Å². The number of fused-ring (bicyclic) bond motifs is 1. The van der Waals surface area contributed by atoms with Gasteiger partial charge in [0.05, 0.1) is 0 Å². The van der Waals surface area contributed by atoms with Crippen LogP contribution in [0.2, 0.25) is 0 Å². The van der Waals surface area contributed by atoms with Gasteiger partial charge >= 0.3 is 0 Å². The molecule has 0 bridgehead atoms. The molecule has 1 nitrogen and oxygen atoms in total. The third-order valence-corrected chi connectivity index (χ3v) is 3.05. The molecule has 0 radical (unpaired) electrons. The summed E-state index contributed by atoms with van der Waals surface area (Å²) in [5.41, 5.74) is 4.25. The Labute approximate surface area is 96.1 Å². The first kappa shape index (κ1) is 10.7. The molecule has 15 heavy (non-hydrogen) atoms. The minimum absolute atomic E-state index is 0.455. The van der Waals surface area contributed by atoms with Crippen molar-refractivity contribution in [2.45, 2.75) is 25.8 Å². The predicted molar refractivity (Wildman–Crippen MR) is 65.2 cm³/mol. The quantitative estimate of drug-likeness (QED) is 0.826. The van der Waals surface area contributed by atoms with E-state index in [0.717, 1.165) is 0 Å². The summed E-state index contributed by atoms with van der Waals surface area (Å²) in [6.07, 6.45) is 2.34. The number of aryl methyl sites for hydroxylation is 2. The molecule has 0 heterocycles. The second kappa shape index (κ2) is 4.38. The lowest BCUT2D eigenvalue weighted by molar-refractivity contribution is 0.562. The first-order chi connectivity index (χ1) is 7.16. The van der Waals surface area contributed by atoms with Gasteiger partial charge in [0, 0.05) is 17.6 Å². The van der Waals surface area contributed by atoms with E-state index in [-0.39, 0.29) is 0 Å². The van der Waals surface area contributed by atoms with Crippen molar-refractivity contribution in [3.63, 3.8) is 0 Å². The van der Waals surface area contributed by atoms with Crippen LogP contribution in [-0.4, -0.2) is 6.54 Å². The second-order valence-corrected chi connectivity index (χ2v) is 4.73. The van der Waals surface area contributed by atoms with E-state index < -0.39 is 0 Å². The van der Waals surface area contributed by atoms with Gasteiger partial charge in [-0.1, -0.05) is 41.9 Å². The third kappa shape index (κ3) is 2.42. The average molecular weight is 222 g/mol. The maximum Gasteiger partial charge on any atom is 0.0329 e. The molecule has 0 aromatic heterocycles. The topological polar surface area (TPSA) is 12.0 Å². The van der Waals surface area contributed by atoms with Crippen LogP contribution in [0.5, 0.6) is 0 Å². The molecule has 0 saturated heterocycles. The van der Waals surface area contributed by atoms with Crippen LogP contribution in [-0.2, 0) is 6.42 Å². The van der Waals surface area contributed by atoms with Crippen LogP contribution < -0.4 is 5.32 Å². The summed E-state index contributed by atoms with van der Waals surface area (Å²) in [6.45, 7) is 6.52. The Balaban J connectivity index is 2.11. The zero-order valence-electron chi connectivity index (χ0n) is 9.02. The fraction of sp³-hybridized carbons (Fsp3) is 0.385. The summed E-state index contributed by atoms with van der Waals surface area (Å²) < 4.78 is 0. The molecule has 1 unspecified atom stereocenters. The molecule has 0 aliphatic heterocycles. The molecule has 1 aromatic carbocycles. The zero-order chi connectivity index (χ0) is 10.8. The third-order valence-electron chi connectivity index (χ3n) is 2.92. The highest BCUT2D eigenvalue weighted by atomic mass is 35.5. The summed E-state index contributed by atoms with van der Waals surface area (Å²) in [5, 5.41) is 4.10. The number of rotatable bonds is 3. The van der Waals surface area contributed by atoms with Crippen molar-refractivity contribution in [2.24, 2.45) is 0 Å². The predicted octanol–water partition coefficient (Wildman–Crippen LogP) is 3.32. The second-order valence-electron chi connectivity index (χ2n) is 4.19. The Morgan fingerprint density at radius 2 is 2.40 bits per heavy atom. The molecule has 1 N–H and O–H groups in total. The van der Waals surface area contributed by atoms with Crippen molar-refractivity contribution < 1.29 is 0 Å². The van der Waals surface area contributed by atoms with Gasteiger partial charge in [0.25, 0.3) is 0 Å². The van der Waals surface area contributed by atoms with E-state index in [2.05, 4.69) is 37.0 Å². The van der Waals surface area contributed by atoms with Crippen LogP contribution in [0.4, 0.5) is 0 Å². The summed E-state index contributed by atoms with van der Waals surface area (Å²) in [7, 11) is 0. The molecule has 0 saturated carbocycles. The van der Waals surface area contributed by atoms with E-state index in [4.69, 9.17) is 11.6 Å². The normalized spacial score (nSPS) is 18.9. The number of hydrogen-bond acceptors (Lipinski definition) is 1. The molecule has 1 aliphatic rings. The molecular weight excluding hydrogens is 206 g/mol. The largest absolute Gasteiger partial charge is 0.305 e. The van der Waals surface area contributed by atoms with E-state index in [1.165, 1.54) is 29.5 Å². The molecule has 2 heteroatoms. The lowest BCUT2D eigenvalue weighted by atomic mass is 10.1. The first-order valence-corrected chi connectivity index (χ1v) is 5.70. The summed E-state index contributed by atoms with van der Waals surface area (Å²) >= 11 is 5.75. The van der Waals surface area contributed by atoms with E-state index in [9.17, 15) is 0 Å². The minimum Gasteiger partial charge on any atom is -0.305 e. The van der Waals surface area contributed by atoms with Gasteiger partial charge in [-0.15, -0.1) is 0 Å². The number of hydrogen-bond donors (Lipinski definition) is 1. The first-order valence-electron chi connectivity index (χ1n) is 5.33. The van der Waals surface area contributed by atoms with Crippen molar-refractivity contribution in [2.75, 3.05) is 6.54 Å². The Morgan fingerprint density at radius 1 is 1.60 bits per heavy atom. The highest BCUT2D eigenvalue weighted by Gasteiger charge is 2.21. The van der Waals surface area contributed by atoms with Crippen LogP contribution in [0.1, 0.15) is 29.2 Å². The van der Waals surface area contributed by atoms with Gasteiger partial charge in [0.1, 0.15) is 0 Å². The Hall–Kier alpha value is -0.790. The zero-order valence-corrected chi connectivity index (χ0v) is 9.77. The van der Waals surface area contributed by atoms with Gasteiger partial charge in [-0.3, -0.25) is 0 Å². The van der Waals surface area contributed by atoms with Gasteiger partial charge in [0.2, 0.25) is 0 Å². The van der Waals surface area contributed by atoms with Crippen LogP contribution in [0.3, 0.4) is 0 Å². The standard InChI is InChI=1S/C13H16ClN/c1-9-3-5-12-11(7-9)4-6-13(12)15-8-10(2)14/h3,5,7,13,15H,2,4,6,8H2,1H3. The maximum atomic E-state index is 5.75. The molecule has 1 aromatic rings. The minimum atomic E-state index is 0.455. The van der Waals surface area contributed by atoms with Gasteiger partial charge in [-0.2, -0.15) is 0 Å². The van der Waals surface area contributed by atoms with E-state index in [1.54, 1.807) is 0 Å². The molecule has 0 amide bonds. The molecule has 80 valence electrons. The highest BCUT2D eigenvalue weighted by molar-refractivity contribution is 6.29. The monoisotopic (exact) mass is 221 g/mol. The number of benzene rings is 1. The smallest absolute Gasteiger partial charge is 0.0329 e. The summed E-state index contributed by atoms with van der Waals surface area (Å²) in [5.74, 6) is 0. The fourth-order valence-electron chi connectivity index (χ4n) is 2.19. The molecule has 1 aliphatic carbocycles. The molecular formula is C13H16ClN. The average Bonchev–Trinajstić information content (AvgIpc) is 2.57. The van der Waals surface area contributed by atoms with Gasteiger partial charge in [0.15, 0.2) is 0 Å². The molecule has 0 spiro atoms. The van der Waals surface area contributed by atoms with Crippen LogP contribution >= 0.6 is 11.6 Å². The lowest BCUT2D eigenvalue weighted by Gasteiger charge is -2.13. The summed E-state index contributed by atoms with van der Waals surface area (Å²) in [4.78, 5) is 0. The Bertz CT molecular complexity index is 384. The number of nitrogens with one attached hydrogen (secondary N) is 1. The van der Waals surface area contributed by atoms with Gasteiger partial charge in [-0.25, -0.2) is 0 Å². The van der Waals surface area contributed by atoms with Crippen molar-refractivity contribution in [3.05, 3.63) is 46.5 Å². The van der Waals surface area contributed by atoms with Crippen molar-refractivity contribution in [1.29, 1.82) is 0 Å². The van der Waals surface area contributed by atoms with Crippen molar-refractivity contribution in [3.8, 4) is 0 Å². The lowest BCUT2D eigenvalue weighted by Crippen LogP contribution is -2.20. The maximum absolute atomic E-state index is 5.75. The summed E-state index contributed by atoms with van der Waals surface area (Å²) in [6, 6.07) is 7.14. The molecule has 0 fully saturated rings. The van der Waals surface area contributed by atoms with Crippen LogP contribution in [0.25, 0.3) is 0 Å². The molecule has 2 rings (SSSR count). The number of halogens is 1. The SMILES string of the molecule is C=C(Cl)CNC1CCc2cc(C)ccc21. The van der Waals surface area contributed by atoms with Crippen molar-refractivity contribution >= 4 is 11.6 Å². The fourth-order valence-corrected chi connectivity index (χ4v) is 2.27. The van der Waals surface area contributed by atoms with Crippen molar-refractivity contribution in [1.82, 2.24) is 5.32 Å². The van der Waals surface area contributed by atoms with E-state index >= 15 is 0 Å². The van der Waals surface area contributed by atoms with Gasteiger partial charge in [-0.05, 0) is 30.9 Å². The van der Waals surface area contributed by atoms with E-state index in [1.807, 2.05) is 0 Å². The van der Waals surface area contributed by atoms with Gasteiger partial charge < -0.3 is 5.32 Å².